The van der Waals surface area contributed by atoms with Gasteiger partial charge in [-0.2, -0.15) is 0 Å². The topological polar surface area (TPSA) is 32.7 Å². The van der Waals surface area contributed by atoms with Crippen LogP contribution in [0.25, 0.3) is 0 Å². The third kappa shape index (κ3) is 3.67. The van der Waals surface area contributed by atoms with Crippen LogP contribution >= 0.6 is 0 Å². The van der Waals surface area contributed by atoms with Crippen LogP contribution in [0.15, 0.2) is 0 Å². The number of hydrogen-bond donors (Lipinski definition) is 1. The first-order valence-electron chi connectivity index (χ1n) is 7.10. The predicted molar refractivity (Wildman–Crippen MR) is 69.1 cm³/mol. The van der Waals surface area contributed by atoms with Gasteiger partial charge >= 0.3 is 0 Å². The molecule has 3 heteroatoms. The van der Waals surface area contributed by atoms with Crippen molar-refractivity contribution in [2.45, 2.75) is 57.1 Å². The zero-order valence-corrected chi connectivity index (χ0v) is 11.3. The summed E-state index contributed by atoms with van der Waals surface area (Å²) in [6.45, 7) is 4.88. The quantitative estimate of drug-likeness (QED) is 0.740. The monoisotopic (exact) mass is 241 g/mol. The summed E-state index contributed by atoms with van der Waals surface area (Å²) in [6.07, 6.45) is 7.06. The maximum absolute atomic E-state index is 10.5. The molecule has 2 saturated carbocycles. The van der Waals surface area contributed by atoms with E-state index in [-0.39, 0.29) is 0 Å². The van der Waals surface area contributed by atoms with Gasteiger partial charge in [0.05, 0.1) is 12.2 Å². The summed E-state index contributed by atoms with van der Waals surface area (Å²) in [5, 5.41) is 10.5. The van der Waals surface area contributed by atoms with Crippen molar-refractivity contribution in [3.63, 3.8) is 0 Å². The number of nitrogens with zero attached hydrogens (tertiary/aromatic N) is 1. The highest BCUT2D eigenvalue weighted by Crippen LogP contribution is 2.37. The molecule has 0 saturated heterocycles. The molecule has 17 heavy (non-hydrogen) atoms. The largest absolute Gasteiger partial charge is 0.389 e. The molecule has 2 rings (SSSR count). The van der Waals surface area contributed by atoms with Gasteiger partial charge in [-0.3, -0.25) is 4.90 Å². The van der Waals surface area contributed by atoms with Crippen molar-refractivity contribution in [2.75, 3.05) is 26.8 Å². The molecule has 0 aromatic rings. The van der Waals surface area contributed by atoms with E-state index in [1.165, 1.54) is 25.7 Å². The van der Waals surface area contributed by atoms with E-state index < -0.39 is 5.60 Å². The average molecular weight is 241 g/mol. The Kier molecular flexibility index (Phi) is 4.45. The summed E-state index contributed by atoms with van der Waals surface area (Å²) in [7, 11) is 1.75. The zero-order valence-electron chi connectivity index (χ0n) is 11.3. The second-order valence-corrected chi connectivity index (χ2v) is 5.97. The lowest BCUT2D eigenvalue weighted by Crippen LogP contribution is -2.47. The van der Waals surface area contributed by atoms with Crippen molar-refractivity contribution in [1.82, 2.24) is 4.90 Å². The van der Waals surface area contributed by atoms with Crippen molar-refractivity contribution in [1.29, 1.82) is 0 Å². The molecule has 0 aromatic heterocycles. The second kappa shape index (κ2) is 5.68. The van der Waals surface area contributed by atoms with Crippen molar-refractivity contribution in [3.05, 3.63) is 0 Å². The molecule has 0 spiro atoms. The molecule has 0 aliphatic heterocycles. The molecule has 1 unspecified atom stereocenters. The molecule has 2 aliphatic rings. The maximum atomic E-state index is 10.5. The average Bonchev–Trinajstić information content (AvgIpc) is 3.07. The summed E-state index contributed by atoms with van der Waals surface area (Å²) in [5.41, 5.74) is -0.420. The van der Waals surface area contributed by atoms with Crippen LogP contribution in [-0.2, 0) is 4.74 Å². The van der Waals surface area contributed by atoms with E-state index >= 15 is 0 Å². The molecule has 100 valence electrons. The highest BCUT2D eigenvalue weighted by Gasteiger charge is 2.38. The summed E-state index contributed by atoms with van der Waals surface area (Å²) in [4.78, 5) is 2.45. The van der Waals surface area contributed by atoms with Gasteiger partial charge in [0.1, 0.15) is 0 Å². The van der Waals surface area contributed by atoms with Crippen LogP contribution in [0.4, 0.5) is 0 Å². The maximum Gasteiger partial charge on any atom is 0.0774 e. The van der Waals surface area contributed by atoms with Crippen molar-refractivity contribution < 1.29 is 9.84 Å². The van der Waals surface area contributed by atoms with E-state index in [0.717, 1.165) is 38.5 Å². The molecule has 0 amide bonds. The number of rotatable bonds is 7. The molecule has 0 heterocycles. The minimum Gasteiger partial charge on any atom is -0.389 e. The number of ether oxygens (including phenoxy) is 1. The molecule has 3 nitrogen and oxygen atoms in total. The minimum absolute atomic E-state index is 0.420. The van der Waals surface area contributed by atoms with Crippen LogP contribution in [0.5, 0.6) is 0 Å². The lowest BCUT2D eigenvalue weighted by Gasteiger charge is -2.35. The Bertz CT molecular complexity index is 234. The standard InChI is InChI=1S/C14H27NO2/c1-12(13-5-6-13)15(9-10-17-2)11-14(16)7-3-4-8-14/h12-13,16H,3-11H2,1-2H3. The number of methoxy groups -OCH3 is 1. The molecule has 0 bridgehead atoms. The van der Waals surface area contributed by atoms with Gasteiger partial charge in [0.25, 0.3) is 0 Å². The molecule has 2 aliphatic carbocycles. The van der Waals surface area contributed by atoms with Gasteiger partial charge in [-0.15, -0.1) is 0 Å². The minimum atomic E-state index is -0.420. The van der Waals surface area contributed by atoms with E-state index in [4.69, 9.17) is 4.74 Å². The summed E-state index contributed by atoms with van der Waals surface area (Å²) in [6, 6.07) is 0.606. The first kappa shape index (κ1) is 13.3. The van der Waals surface area contributed by atoms with Gasteiger partial charge in [0.15, 0.2) is 0 Å². The Morgan fingerprint density at radius 1 is 1.35 bits per heavy atom. The van der Waals surface area contributed by atoms with Crippen LogP contribution < -0.4 is 0 Å². The molecule has 0 aromatic carbocycles. The lowest BCUT2D eigenvalue weighted by atomic mass is 10.00. The van der Waals surface area contributed by atoms with Gasteiger partial charge in [0, 0.05) is 26.2 Å². The molecule has 0 radical (unpaired) electrons. The number of hydrogen-bond acceptors (Lipinski definition) is 3. The van der Waals surface area contributed by atoms with Gasteiger partial charge in [0.2, 0.25) is 0 Å². The first-order valence-corrected chi connectivity index (χ1v) is 7.10. The van der Waals surface area contributed by atoms with Gasteiger partial charge in [-0.1, -0.05) is 12.8 Å². The summed E-state index contributed by atoms with van der Waals surface area (Å²) >= 11 is 0. The van der Waals surface area contributed by atoms with Crippen LogP contribution in [0, 0.1) is 5.92 Å². The lowest BCUT2D eigenvalue weighted by molar-refractivity contribution is -0.0112. The Morgan fingerprint density at radius 2 is 2.00 bits per heavy atom. The Labute approximate surface area is 105 Å². The molecular formula is C14H27NO2. The molecule has 1 atom stereocenters. The van der Waals surface area contributed by atoms with E-state index in [0.29, 0.717) is 6.04 Å². The summed E-state index contributed by atoms with van der Waals surface area (Å²) in [5.74, 6) is 0.858. The summed E-state index contributed by atoms with van der Waals surface area (Å²) < 4.78 is 5.20. The van der Waals surface area contributed by atoms with Crippen LogP contribution in [0.1, 0.15) is 45.4 Å². The normalized spacial score (nSPS) is 25.4. The van der Waals surface area contributed by atoms with Crippen LogP contribution in [-0.4, -0.2) is 48.5 Å². The van der Waals surface area contributed by atoms with Crippen LogP contribution in [0.3, 0.4) is 0 Å². The highest BCUT2D eigenvalue weighted by atomic mass is 16.5. The van der Waals surface area contributed by atoms with E-state index in [2.05, 4.69) is 11.8 Å². The van der Waals surface area contributed by atoms with Crippen molar-refractivity contribution in [2.24, 2.45) is 5.92 Å². The smallest absolute Gasteiger partial charge is 0.0774 e. The molecule has 2 fully saturated rings. The van der Waals surface area contributed by atoms with E-state index in [1.54, 1.807) is 7.11 Å². The zero-order chi connectivity index (χ0) is 12.3. The fourth-order valence-corrected chi connectivity index (χ4v) is 3.08. The van der Waals surface area contributed by atoms with Gasteiger partial charge in [-0.05, 0) is 38.5 Å². The molecular weight excluding hydrogens is 214 g/mol. The van der Waals surface area contributed by atoms with Gasteiger partial charge < -0.3 is 9.84 Å². The Balaban J connectivity index is 1.89. The fraction of sp³-hybridized carbons (Fsp3) is 1.00. The van der Waals surface area contributed by atoms with E-state index in [1.807, 2.05) is 0 Å². The highest BCUT2D eigenvalue weighted by molar-refractivity contribution is 4.92. The first-order chi connectivity index (χ1) is 8.14. The second-order valence-electron chi connectivity index (χ2n) is 5.97. The van der Waals surface area contributed by atoms with E-state index in [9.17, 15) is 5.11 Å². The van der Waals surface area contributed by atoms with Crippen LogP contribution in [0.2, 0.25) is 0 Å². The number of aliphatic hydroxyl groups is 1. The van der Waals surface area contributed by atoms with Gasteiger partial charge in [-0.25, -0.2) is 0 Å². The predicted octanol–water partition coefficient (Wildman–Crippen LogP) is 2.04. The molecule has 1 N–H and O–H groups in total. The van der Waals surface area contributed by atoms with Crippen molar-refractivity contribution in [3.8, 4) is 0 Å². The van der Waals surface area contributed by atoms with Crippen molar-refractivity contribution >= 4 is 0 Å². The Morgan fingerprint density at radius 3 is 2.53 bits per heavy atom. The Hall–Kier alpha value is -0.120. The third-order valence-corrected chi connectivity index (χ3v) is 4.49. The SMILES string of the molecule is COCCN(CC1(O)CCCC1)C(C)C1CC1. The fourth-order valence-electron chi connectivity index (χ4n) is 3.08. The third-order valence-electron chi connectivity index (χ3n) is 4.49.